The van der Waals surface area contributed by atoms with Gasteiger partial charge in [-0.3, -0.25) is 0 Å². The van der Waals surface area contributed by atoms with Crippen LogP contribution in [0, 0.1) is 6.92 Å². The van der Waals surface area contributed by atoms with Gasteiger partial charge in [0.25, 0.3) is 0 Å². The van der Waals surface area contributed by atoms with Gasteiger partial charge in [0.05, 0.1) is 18.6 Å². The molecular weight excluding hydrogens is 275 g/mol. The van der Waals surface area contributed by atoms with Crippen molar-refractivity contribution in [1.29, 1.82) is 0 Å². The minimum Gasteiger partial charge on any atom is -0.379 e. The fourth-order valence-corrected chi connectivity index (χ4v) is 2.07. The predicted molar refractivity (Wildman–Crippen MR) is 69.0 cm³/mol. The summed E-state index contributed by atoms with van der Waals surface area (Å²) < 4.78 is 36.5. The first-order valence-corrected chi connectivity index (χ1v) is 6.34. The van der Waals surface area contributed by atoms with Crippen molar-refractivity contribution in [3.8, 4) is 0 Å². The first-order chi connectivity index (χ1) is 8.94. The predicted octanol–water partition coefficient (Wildman–Crippen LogP) is 3.94. The second-order valence-corrected chi connectivity index (χ2v) is 5.04. The van der Waals surface area contributed by atoms with Crippen molar-refractivity contribution < 1.29 is 13.2 Å². The van der Waals surface area contributed by atoms with E-state index in [1.165, 1.54) is 12.1 Å². The molecule has 19 heavy (non-hydrogen) atoms. The summed E-state index contributed by atoms with van der Waals surface area (Å²) in [6.45, 7) is 2.44. The Labute approximate surface area is 112 Å². The Hall–Kier alpha value is -1.63. The minimum absolute atomic E-state index is 0.117. The number of anilines is 1. The largest absolute Gasteiger partial charge is 0.446 e. The summed E-state index contributed by atoms with van der Waals surface area (Å²) in [6.07, 6.45) is 1.61. The molecule has 0 aliphatic rings. The molecule has 0 radical (unpaired) electrons. The van der Waals surface area contributed by atoms with Gasteiger partial charge in [-0.25, -0.2) is 4.98 Å². The van der Waals surface area contributed by atoms with Crippen LogP contribution < -0.4 is 5.32 Å². The summed E-state index contributed by atoms with van der Waals surface area (Å²) in [5, 5.41) is 3.10. The molecule has 0 saturated heterocycles. The standard InChI is InChI=1S/C12H12F3N3S/c1-8-11(18-7-17-8)6-16-9-2-4-10(5-3-9)19-12(13,14)15/h2-5,7,16H,6H2,1H3,(H,17,18). The zero-order valence-corrected chi connectivity index (χ0v) is 10.9. The fourth-order valence-electron chi connectivity index (χ4n) is 1.53. The molecule has 102 valence electrons. The Morgan fingerprint density at radius 2 is 1.95 bits per heavy atom. The van der Waals surface area contributed by atoms with Crippen molar-refractivity contribution in [2.75, 3.05) is 5.32 Å². The van der Waals surface area contributed by atoms with Crippen LogP contribution in [0.15, 0.2) is 35.5 Å². The monoisotopic (exact) mass is 287 g/mol. The van der Waals surface area contributed by atoms with Crippen LogP contribution in [0.5, 0.6) is 0 Å². The first kappa shape index (κ1) is 13.8. The van der Waals surface area contributed by atoms with Gasteiger partial charge in [0, 0.05) is 16.3 Å². The molecule has 1 aromatic heterocycles. The van der Waals surface area contributed by atoms with E-state index in [9.17, 15) is 13.2 Å². The molecule has 7 heteroatoms. The van der Waals surface area contributed by atoms with E-state index >= 15 is 0 Å². The highest BCUT2D eigenvalue weighted by Gasteiger charge is 2.28. The summed E-state index contributed by atoms with van der Waals surface area (Å²) in [4.78, 5) is 7.26. The molecule has 0 aliphatic heterocycles. The van der Waals surface area contributed by atoms with E-state index in [4.69, 9.17) is 0 Å². The van der Waals surface area contributed by atoms with Crippen LogP contribution in [-0.2, 0) is 6.54 Å². The quantitative estimate of drug-likeness (QED) is 0.837. The number of hydrogen-bond donors (Lipinski definition) is 2. The van der Waals surface area contributed by atoms with Crippen molar-refractivity contribution in [2.24, 2.45) is 0 Å². The van der Waals surface area contributed by atoms with Crippen LogP contribution in [0.1, 0.15) is 11.4 Å². The number of H-pyrrole nitrogens is 1. The molecule has 2 rings (SSSR count). The maximum atomic E-state index is 12.2. The van der Waals surface area contributed by atoms with Gasteiger partial charge in [-0.1, -0.05) is 0 Å². The van der Waals surface area contributed by atoms with Crippen molar-refractivity contribution in [1.82, 2.24) is 9.97 Å². The highest BCUT2D eigenvalue weighted by molar-refractivity contribution is 8.00. The van der Waals surface area contributed by atoms with E-state index in [1.54, 1.807) is 18.5 Å². The van der Waals surface area contributed by atoms with Crippen LogP contribution in [0.2, 0.25) is 0 Å². The molecule has 0 saturated carbocycles. The van der Waals surface area contributed by atoms with E-state index in [0.29, 0.717) is 6.54 Å². The number of halogens is 3. The maximum absolute atomic E-state index is 12.2. The number of nitrogens with zero attached hydrogens (tertiary/aromatic N) is 1. The molecule has 2 aromatic rings. The third kappa shape index (κ3) is 4.20. The van der Waals surface area contributed by atoms with E-state index in [-0.39, 0.29) is 16.7 Å². The van der Waals surface area contributed by atoms with Crippen molar-refractivity contribution in [2.45, 2.75) is 23.9 Å². The van der Waals surface area contributed by atoms with Crippen LogP contribution in [0.25, 0.3) is 0 Å². The molecule has 0 atom stereocenters. The highest BCUT2D eigenvalue weighted by atomic mass is 32.2. The summed E-state index contributed by atoms with van der Waals surface area (Å²) in [6, 6.07) is 6.13. The van der Waals surface area contributed by atoms with E-state index in [1.807, 2.05) is 6.92 Å². The lowest BCUT2D eigenvalue weighted by Crippen LogP contribution is -2.02. The minimum atomic E-state index is -4.25. The van der Waals surface area contributed by atoms with Crippen molar-refractivity contribution in [3.05, 3.63) is 42.0 Å². The Morgan fingerprint density at radius 1 is 1.26 bits per heavy atom. The first-order valence-electron chi connectivity index (χ1n) is 5.52. The van der Waals surface area contributed by atoms with Gasteiger partial charge >= 0.3 is 5.51 Å². The third-order valence-corrected chi connectivity index (χ3v) is 3.22. The lowest BCUT2D eigenvalue weighted by atomic mass is 10.3. The van der Waals surface area contributed by atoms with E-state index < -0.39 is 5.51 Å². The van der Waals surface area contributed by atoms with Crippen LogP contribution in [0.3, 0.4) is 0 Å². The van der Waals surface area contributed by atoms with Gasteiger partial charge < -0.3 is 10.3 Å². The maximum Gasteiger partial charge on any atom is 0.446 e. The van der Waals surface area contributed by atoms with Gasteiger partial charge in [0.1, 0.15) is 0 Å². The number of hydrogen-bond acceptors (Lipinski definition) is 3. The zero-order valence-electron chi connectivity index (χ0n) is 10.1. The molecule has 2 N–H and O–H groups in total. The third-order valence-electron chi connectivity index (χ3n) is 2.48. The molecule has 0 bridgehead atoms. The molecule has 0 aliphatic carbocycles. The number of rotatable bonds is 4. The Morgan fingerprint density at radius 3 is 2.47 bits per heavy atom. The number of imidazole rings is 1. The normalized spacial score (nSPS) is 11.6. The lowest BCUT2D eigenvalue weighted by Gasteiger charge is -2.08. The van der Waals surface area contributed by atoms with Crippen molar-refractivity contribution in [3.63, 3.8) is 0 Å². The molecule has 0 amide bonds. The summed E-state index contributed by atoms with van der Waals surface area (Å²) >= 11 is -0.117. The molecule has 3 nitrogen and oxygen atoms in total. The molecule has 1 aromatic carbocycles. The molecule has 0 spiro atoms. The van der Waals surface area contributed by atoms with E-state index in [2.05, 4.69) is 15.3 Å². The number of nitrogens with one attached hydrogen (secondary N) is 2. The van der Waals surface area contributed by atoms with Gasteiger partial charge in [0.2, 0.25) is 0 Å². The lowest BCUT2D eigenvalue weighted by molar-refractivity contribution is -0.0328. The fraction of sp³-hybridized carbons (Fsp3) is 0.250. The number of aryl methyl sites for hydroxylation is 1. The van der Waals surface area contributed by atoms with Gasteiger partial charge in [-0.15, -0.1) is 0 Å². The molecular formula is C12H12F3N3S. The van der Waals surface area contributed by atoms with Gasteiger partial charge in [-0.05, 0) is 43.0 Å². The Kier molecular flexibility index (Phi) is 4.04. The van der Waals surface area contributed by atoms with Crippen LogP contribution in [0.4, 0.5) is 18.9 Å². The summed E-state index contributed by atoms with van der Waals surface area (Å²) in [5.74, 6) is 0. The smallest absolute Gasteiger partial charge is 0.379 e. The van der Waals surface area contributed by atoms with Gasteiger partial charge in [0.15, 0.2) is 0 Å². The average Bonchev–Trinajstić information content (AvgIpc) is 2.72. The topological polar surface area (TPSA) is 40.7 Å². The Bertz CT molecular complexity index is 534. The SMILES string of the molecule is Cc1[nH]cnc1CNc1ccc(SC(F)(F)F)cc1. The molecule has 1 heterocycles. The van der Waals surface area contributed by atoms with Crippen LogP contribution in [-0.4, -0.2) is 15.5 Å². The second-order valence-electron chi connectivity index (χ2n) is 3.90. The summed E-state index contributed by atoms with van der Waals surface area (Å²) in [7, 11) is 0. The highest BCUT2D eigenvalue weighted by Crippen LogP contribution is 2.37. The number of alkyl halides is 3. The van der Waals surface area contributed by atoms with Crippen molar-refractivity contribution >= 4 is 17.4 Å². The van der Waals surface area contributed by atoms with Crippen LogP contribution >= 0.6 is 11.8 Å². The Balaban J connectivity index is 1.94. The molecule has 0 fully saturated rings. The number of benzene rings is 1. The number of aromatic nitrogens is 2. The van der Waals surface area contributed by atoms with Gasteiger partial charge in [-0.2, -0.15) is 13.2 Å². The zero-order chi connectivity index (χ0) is 13.9. The summed E-state index contributed by atoms with van der Waals surface area (Å²) in [5.41, 5.74) is -1.64. The number of aromatic amines is 1. The van der Waals surface area contributed by atoms with E-state index in [0.717, 1.165) is 17.1 Å². The second kappa shape index (κ2) is 5.56. The number of thioether (sulfide) groups is 1. The molecule has 0 unspecified atom stereocenters. The average molecular weight is 287 g/mol.